The molecule has 1 aromatic rings. The lowest BCUT2D eigenvalue weighted by molar-refractivity contribution is -0.127. The maximum atomic E-state index is 13.3. The number of likely N-dealkylation sites (N-methyl/N-ethyl adjacent to an activating group) is 1. The highest BCUT2D eigenvalue weighted by Gasteiger charge is 2.43. The van der Waals surface area contributed by atoms with Gasteiger partial charge in [0.05, 0.1) is 23.9 Å². The van der Waals surface area contributed by atoms with Gasteiger partial charge in [-0.05, 0) is 37.8 Å². The molecule has 162 valence electrons. The molecule has 2 aliphatic heterocycles. The molecule has 1 atom stereocenters. The van der Waals surface area contributed by atoms with Crippen LogP contribution in [0.15, 0.2) is 29.5 Å². The van der Waals surface area contributed by atoms with Crippen LogP contribution in [0.25, 0.3) is 0 Å². The van der Waals surface area contributed by atoms with E-state index in [9.17, 15) is 14.4 Å². The number of nitrogens with zero attached hydrogens (tertiary/aromatic N) is 2. The Kier molecular flexibility index (Phi) is 6.48. The third kappa shape index (κ3) is 4.35. The molecule has 2 N–H and O–H groups in total. The van der Waals surface area contributed by atoms with E-state index in [1.165, 1.54) is 0 Å². The fraction of sp³-hybridized carbons (Fsp3) is 0.522. The van der Waals surface area contributed by atoms with Crippen molar-refractivity contribution in [3.63, 3.8) is 0 Å². The van der Waals surface area contributed by atoms with E-state index in [4.69, 9.17) is 0 Å². The summed E-state index contributed by atoms with van der Waals surface area (Å²) in [5.41, 5.74) is 4.47. The maximum absolute atomic E-state index is 13.3. The van der Waals surface area contributed by atoms with Gasteiger partial charge >= 0.3 is 6.03 Å². The second-order valence-corrected chi connectivity index (χ2v) is 8.52. The fourth-order valence-corrected chi connectivity index (χ4v) is 4.09. The Morgan fingerprint density at radius 2 is 2.00 bits per heavy atom. The van der Waals surface area contributed by atoms with Crippen molar-refractivity contribution in [2.45, 2.75) is 47.1 Å². The minimum atomic E-state index is -0.469. The lowest BCUT2D eigenvalue weighted by atomic mass is 9.91. The van der Waals surface area contributed by atoms with E-state index in [0.29, 0.717) is 37.7 Å². The second kappa shape index (κ2) is 8.90. The van der Waals surface area contributed by atoms with Crippen molar-refractivity contribution in [1.82, 2.24) is 20.4 Å². The normalized spacial score (nSPS) is 18.8. The number of hydrogen-bond donors (Lipinski definition) is 2. The number of aryl methyl sites for hydroxylation is 2. The Bertz CT molecular complexity index is 890. The summed E-state index contributed by atoms with van der Waals surface area (Å²) in [6, 6.07) is 5.38. The van der Waals surface area contributed by atoms with Gasteiger partial charge in [-0.25, -0.2) is 4.79 Å². The van der Waals surface area contributed by atoms with Crippen molar-refractivity contribution in [2.75, 3.05) is 26.2 Å². The number of benzene rings is 1. The van der Waals surface area contributed by atoms with Crippen molar-refractivity contribution < 1.29 is 14.4 Å². The van der Waals surface area contributed by atoms with Crippen LogP contribution >= 0.6 is 0 Å². The summed E-state index contributed by atoms with van der Waals surface area (Å²) in [5, 5.41) is 5.91. The van der Waals surface area contributed by atoms with Crippen molar-refractivity contribution in [3.05, 3.63) is 46.2 Å². The van der Waals surface area contributed by atoms with Crippen molar-refractivity contribution >= 4 is 17.8 Å². The molecule has 0 aliphatic carbocycles. The summed E-state index contributed by atoms with van der Waals surface area (Å²) in [5.74, 6) is 0.212. The van der Waals surface area contributed by atoms with E-state index in [1.807, 2.05) is 46.8 Å². The number of amides is 4. The average molecular weight is 413 g/mol. The molecule has 0 saturated heterocycles. The lowest BCUT2D eigenvalue weighted by Gasteiger charge is -2.33. The van der Waals surface area contributed by atoms with Gasteiger partial charge in [-0.1, -0.05) is 37.6 Å². The van der Waals surface area contributed by atoms with E-state index in [0.717, 1.165) is 22.4 Å². The van der Waals surface area contributed by atoms with Crippen molar-refractivity contribution in [2.24, 2.45) is 5.92 Å². The molecule has 2 aliphatic rings. The van der Waals surface area contributed by atoms with Gasteiger partial charge < -0.3 is 15.5 Å². The first-order valence-corrected chi connectivity index (χ1v) is 10.7. The zero-order valence-electron chi connectivity index (χ0n) is 18.5. The molecule has 3 rings (SSSR count). The van der Waals surface area contributed by atoms with Crippen LogP contribution in [0, 0.1) is 19.8 Å². The smallest absolute Gasteiger partial charge is 0.322 e. The number of nitrogens with one attached hydrogen (secondary N) is 2. The van der Waals surface area contributed by atoms with Crippen molar-refractivity contribution in [3.8, 4) is 0 Å². The first-order valence-electron chi connectivity index (χ1n) is 10.7. The Hall–Kier alpha value is -2.83. The molecular weight excluding hydrogens is 380 g/mol. The van der Waals surface area contributed by atoms with Crippen LogP contribution in [-0.2, 0) is 9.59 Å². The fourth-order valence-electron chi connectivity index (χ4n) is 4.09. The van der Waals surface area contributed by atoms with Gasteiger partial charge in [-0.2, -0.15) is 0 Å². The predicted molar refractivity (Wildman–Crippen MR) is 116 cm³/mol. The second-order valence-electron chi connectivity index (χ2n) is 8.52. The van der Waals surface area contributed by atoms with Crippen LogP contribution in [0.4, 0.5) is 4.79 Å². The van der Waals surface area contributed by atoms with E-state index >= 15 is 0 Å². The summed E-state index contributed by atoms with van der Waals surface area (Å²) < 4.78 is 0. The molecule has 0 spiro atoms. The van der Waals surface area contributed by atoms with Gasteiger partial charge in [0.2, 0.25) is 5.91 Å². The summed E-state index contributed by atoms with van der Waals surface area (Å²) >= 11 is 0. The standard InChI is InChI=1S/C23H32N4O3/c1-6-27-18-13-26(10-9-19(28)24-12-14(2)3)22(29)20(18)21(25-23(27)30)17-8-7-15(4)11-16(17)5/h7-8,11,14,21H,6,9-10,12-13H2,1-5H3,(H,24,28)(H,25,30). The Morgan fingerprint density at radius 3 is 2.63 bits per heavy atom. The molecule has 0 saturated carbocycles. The molecule has 0 aromatic heterocycles. The van der Waals surface area contributed by atoms with Crippen LogP contribution in [0.5, 0.6) is 0 Å². The Balaban J connectivity index is 1.83. The summed E-state index contributed by atoms with van der Waals surface area (Å²) in [6.45, 7) is 11.8. The Morgan fingerprint density at radius 1 is 1.27 bits per heavy atom. The molecule has 0 radical (unpaired) electrons. The third-order valence-corrected chi connectivity index (χ3v) is 5.67. The molecule has 7 heteroatoms. The minimum Gasteiger partial charge on any atom is -0.356 e. The minimum absolute atomic E-state index is 0.0612. The number of rotatable bonds is 7. The molecule has 0 bridgehead atoms. The van der Waals surface area contributed by atoms with Gasteiger partial charge in [0, 0.05) is 26.1 Å². The SMILES string of the molecule is CCN1C(=O)NC(c2ccc(C)cc2C)C2=C1CN(CCC(=O)NCC(C)C)C2=O. The molecule has 30 heavy (non-hydrogen) atoms. The molecule has 2 heterocycles. The molecular formula is C23H32N4O3. The van der Waals surface area contributed by atoms with Crippen LogP contribution in [-0.4, -0.2) is 53.8 Å². The maximum Gasteiger partial charge on any atom is 0.322 e. The number of hydrogen-bond acceptors (Lipinski definition) is 3. The monoisotopic (exact) mass is 412 g/mol. The molecule has 1 unspecified atom stereocenters. The molecule has 4 amide bonds. The largest absolute Gasteiger partial charge is 0.356 e. The lowest BCUT2D eigenvalue weighted by Crippen LogP contribution is -2.47. The van der Waals surface area contributed by atoms with E-state index < -0.39 is 6.04 Å². The Labute approximate surface area is 178 Å². The summed E-state index contributed by atoms with van der Waals surface area (Å²) in [6.07, 6.45) is 0.251. The highest BCUT2D eigenvalue weighted by atomic mass is 16.2. The van der Waals surface area contributed by atoms with Crippen LogP contribution in [0.3, 0.4) is 0 Å². The van der Waals surface area contributed by atoms with Crippen LogP contribution in [0.2, 0.25) is 0 Å². The highest BCUT2D eigenvalue weighted by molar-refractivity contribution is 6.01. The average Bonchev–Trinajstić information content (AvgIpc) is 3.00. The van der Waals surface area contributed by atoms with Gasteiger partial charge in [-0.15, -0.1) is 0 Å². The molecule has 7 nitrogen and oxygen atoms in total. The summed E-state index contributed by atoms with van der Waals surface area (Å²) in [4.78, 5) is 41.5. The zero-order valence-corrected chi connectivity index (χ0v) is 18.5. The summed E-state index contributed by atoms with van der Waals surface area (Å²) in [7, 11) is 0. The number of carbonyl (C=O) groups excluding carboxylic acids is 3. The quantitative estimate of drug-likeness (QED) is 0.722. The van der Waals surface area contributed by atoms with Crippen molar-refractivity contribution in [1.29, 1.82) is 0 Å². The van der Waals surface area contributed by atoms with Gasteiger partial charge in [0.15, 0.2) is 0 Å². The first-order chi connectivity index (χ1) is 14.2. The van der Waals surface area contributed by atoms with Crippen LogP contribution in [0.1, 0.15) is 49.9 Å². The molecule has 0 fully saturated rings. The number of carbonyl (C=O) groups is 3. The predicted octanol–water partition coefficient (Wildman–Crippen LogP) is 2.65. The van der Waals surface area contributed by atoms with Crippen LogP contribution < -0.4 is 10.6 Å². The van der Waals surface area contributed by atoms with Gasteiger partial charge in [0.25, 0.3) is 5.91 Å². The first kappa shape index (κ1) is 21.9. The van der Waals surface area contributed by atoms with E-state index in [1.54, 1.807) is 9.80 Å². The molecule has 1 aromatic carbocycles. The van der Waals surface area contributed by atoms with E-state index in [2.05, 4.69) is 16.7 Å². The van der Waals surface area contributed by atoms with E-state index in [-0.39, 0.29) is 24.3 Å². The highest BCUT2D eigenvalue weighted by Crippen LogP contribution is 2.37. The number of urea groups is 1. The van der Waals surface area contributed by atoms with Gasteiger partial charge in [-0.3, -0.25) is 14.5 Å². The van der Waals surface area contributed by atoms with Gasteiger partial charge in [0.1, 0.15) is 0 Å². The zero-order chi connectivity index (χ0) is 22.0. The topological polar surface area (TPSA) is 81.8 Å². The third-order valence-electron chi connectivity index (χ3n) is 5.67.